The molecule has 1 aliphatic heterocycles. The number of hydrogen-bond donors (Lipinski definition) is 1. The average Bonchev–Trinajstić information content (AvgIpc) is 2.46. The largest absolute Gasteiger partial charge is 0.396 e. The summed E-state index contributed by atoms with van der Waals surface area (Å²) >= 11 is 0. The Morgan fingerprint density at radius 1 is 1.43 bits per heavy atom. The maximum absolute atomic E-state index is 13.7. The number of benzene rings is 1. The minimum Gasteiger partial charge on any atom is -0.396 e. The van der Waals surface area contributed by atoms with Gasteiger partial charge in [0, 0.05) is 31.8 Å². The second kappa shape index (κ2) is 6.13. The number of halogens is 2. The summed E-state index contributed by atoms with van der Waals surface area (Å²) in [4.78, 5) is 23.2. The molecule has 1 heterocycles. The molecule has 1 unspecified atom stereocenters. The molecule has 1 aliphatic rings. The highest BCUT2D eigenvalue weighted by molar-refractivity contribution is 5.95. The van der Waals surface area contributed by atoms with Gasteiger partial charge >= 0.3 is 5.69 Å². The van der Waals surface area contributed by atoms with Gasteiger partial charge in [-0.3, -0.25) is 14.9 Å². The first-order valence-corrected chi connectivity index (χ1v) is 6.47. The van der Waals surface area contributed by atoms with Gasteiger partial charge in [-0.05, 0) is 18.8 Å². The third-order valence-electron chi connectivity index (χ3n) is 3.53. The molecule has 0 spiro atoms. The van der Waals surface area contributed by atoms with Gasteiger partial charge in [-0.2, -0.15) is 4.39 Å². The molecule has 1 saturated heterocycles. The summed E-state index contributed by atoms with van der Waals surface area (Å²) in [5.74, 6) is -3.27. The van der Waals surface area contributed by atoms with Crippen LogP contribution in [0.25, 0.3) is 0 Å². The Morgan fingerprint density at radius 2 is 2.14 bits per heavy atom. The van der Waals surface area contributed by atoms with Crippen LogP contribution in [0, 0.1) is 27.7 Å². The summed E-state index contributed by atoms with van der Waals surface area (Å²) in [5, 5.41) is 19.8. The Bertz CT molecular complexity index is 580. The number of hydrogen-bond acceptors (Lipinski definition) is 4. The number of carbonyl (C=O) groups is 1. The van der Waals surface area contributed by atoms with E-state index >= 15 is 0 Å². The van der Waals surface area contributed by atoms with Crippen LogP contribution in [0.15, 0.2) is 12.1 Å². The number of nitro groups is 1. The number of amides is 1. The van der Waals surface area contributed by atoms with Crippen molar-refractivity contribution in [3.63, 3.8) is 0 Å². The minimum absolute atomic E-state index is 0.0875. The molecule has 0 saturated carbocycles. The SMILES string of the molecule is O=C(c1cc([N+](=O)[O-])c(F)cc1F)N1CCCC(CO)C1. The van der Waals surface area contributed by atoms with E-state index in [2.05, 4.69) is 0 Å². The van der Waals surface area contributed by atoms with Crippen LogP contribution in [0.3, 0.4) is 0 Å². The Morgan fingerprint density at radius 3 is 2.76 bits per heavy atom. The lowest BCUT2D eigenvalue weighted by Gasteiger charge is -2.31. The van der Waals surface area contributed by atoms with Gasteiger partial charge in [-0.15, -0.1) is 0 Å². The van der Waals surface area contributed by atoms with Gasteiger partial charge in [0.1, 0.15) is 5.82 Å². The number of likely N-dealkylation sites (tertiary alicyclic amines) is 1. The van der Waals surface area contributed by atoms with E-state index in [1.807, 2.05) is 0 Å². The van der Waals surface area contributed by atoms with Crippen molar-refractivity contribution in [2.45, 2.75) is 12.8 Å². The molecule has 1 N–H and O–H groups in total. The first-order chi connectivity index (χ1) is 9.93. The Labute approximate surface area is 119 Å². The van der Waals surface area contributed by atoms with Crippen molar-refractivity contribution in [1.29, 1.82) is 0 Å². The molecular weight excluding hydrogens is 286 g/mol. The molecule has 1 aromatic carbocycles. The van der Waals surface area contributed by atoms with Crippen molar-refractivity contribution in [2.75, 3.05) is 19.7 Å². The van der Waals surface area contributed by atoms with Gasteiger partial charge in [-0.25, -0.2) is 4.39 Å². The van der Waals surface area contributed by atoms with Gasteiger partial charge in [0.25, 0.3) is 5.91 Å². The van der Waals surface area contributed by atoms with E-state index in [1.165, 1.54) is 4.90 Å². The molecular formula is C13H14F2N2O4. The van der Waals surface area contributed by atoms with E-state index in [4.69, 9.17) is 5.11 Å². The van der Waals surface area contributed by atoms with Gasteiger partial charge < -0.3 is 10.0 Å². The maximum Gasteiger partial charge on any atom is 0.305 e. The second-order valence-corrected chi connectivity index (χ2v) is 4.98. The van der Waals surface area contributed by atoms with Crippen LogP contribution in [0.4, 0.5) is 14.5 Å². The van der Waals surface area contributed by atoms with E-state index in [1.54, 1.807) is 0 Å². The normalized spacial score (nSPS) is 18.6. The maximum atomic E-state index is 13.7. The fourth-order valence-corrected chi connectivity index (χ4v) is 2.41. The lowest BCUT2D eigenvalue weighted by Crippen LogP contribution is -2.41. The van der Waals surface area contributed by atoms with E-state index in [0.29, 0.717) is 25.1 Å². The third kappa shape index (κ3) is 3.15. The highest BCUT2D eigenvalue weighted by Gasteiger charge is 2.28. The predicted octanol–water partition coefficient (Wildman–Crippen LogP) is 1.72. The molecule has 1 atom stereocenters. The zero-order valence-electron chi connectivity index (χ0n) is 11.1. The Kier molecular flexibility index (Phi) is 4.46. The number of nitrogens with zero attached hydrogens (tertiary/aromatic N) is 2. The zero-order valence-corrected chi connectivity index (χ0v) is 11.1. The standard InChI is InChI=1S/C13H14F2N2O4/c14-10-5-11(15)12(17(20)21)4-9(10)13(19)16-3-1-2-8(6-16)7-18/h4-5,8,18H,1-3,6-7H2. The van der Waals surface area contributed by atoms with Crippen LogP contribution < -0.4 is 0 Å². The van der Waals surface area contributed by atoms with Crippen LogP contribution in [0.2, 0.25) is 0 Å². The smallest absolute Gasteiger partial charge is 0.305 e. The predicted molar refractivity (Wildman–Crippen MR) is 68.7 cm³/mol. The molecule has 0 aromatic heterocycles. The van der Waals surface area contributed by atoms with Gasteiger partial charge in [-0.1, -0.05) is 0 Å². The second-order valence-electron chi connectivity index (χ2n) is 4.98. The number of piperidine rings is 1. The van der Waals surface area contributed by atoms with Crippen molar-refractivity contribution in [3.05, 3.63) is 39.4 Å². The molecule has 0 bridgehead atoms. The molecule has 8 heteroatoms. The number of carbonyl (C=O) groups excluding carboxylic acids is 1. The van der Waals surface area contributed by atoms with E-state index in [-0.39, 0.29) is 19.1 Å². The zero-order chi connectivity index (χ0) is 15.6. The number of aliphatic hydroxyl groups excluding tert-OH is 1. The lowest BCUT2D eigenvalue weighted by atomic mass is 9.98. The molecule has 6 nitrogen and oxygen atoms in total. The van der Waals surface area contributed by atoms with E-state index < -0.39 is 33.7 Å². The molecule has 2 rings (SSSR count). The third-order valence-corrected chi connectivity index (χ3v) is 3.53. The monoisotopic (exact) mass is 300 g/mol. The summed E-state index contributed by atoms with van der Waals surface area (Å²) in [6, 6.07) is 0.967. The summed E-state index contributed by atoms with van der Waals surface area (Å²) in [5.41, 5.74) is -1.46. The lowest BCUT2D eigenvalue weighted by molar-refractivity contribution is -0.387. The summed E-state index contributed by atoms with van der Waals surface area (Å²) in [6.07, 6.45) is 1.41. The molecule has 0 radical (unpaired) electrons. The molecule has 21 heavy (non-hydrogen) atoms. The first-order valence-electron chi connectivity index (χ1n) is 6.47. The van der Waals surface area contributed by atoms with Crippen molar-refractivity contribution >= 4 is 11.6 Å². The number of nitro benzene ring substituents is 1. The van der Waals surface area contributed by atoms with E-state index in [9.17, 15) is 23.7 Å². The van der Waals surface area contributed by atoms with Crippen LogP contribution in [0.1, 0.15) is 23.2 Å². The summed E-state index contributed by atoms with van der Waals surface area (Å²) in [6.45, 7) is 0.537. The van der Waals surface area contributed by atoms with Crippen LogP contribution in [-0.4, -0.2) is 40.5 Å². The number of aliphatic hydroxyl groups is 1. The highest BCUT2D eigenvalue weighted by atomic mass is 19.1. The molecule has 1 amide bonds. The molecule has 1 fully saturated rings. The number of rotatable bonds is 3. The van der Waals surface area contributed by atoms with Crippen LogP contribution >= 0.6 is 0 Å². The molecule has 1 aromatic rings. The minimum atomic E-state index is -1.32. The van der Waals surface area contributed by atoms with E-state index in [0.717, 1.165) is 6.42 Å². The first kappa shape index (κ1) is 15.3. The quantitative estimate of drug-likeness (QED) is 0.680. The molecule has 114 valence electrons. The summed E-state index contributed by atoms with van der Waals surface area (Å²) in [7, 11) is 0. The van der Waals surface area contributed by atoms with Gasteiger partial charge in [0.15, 0.2) is 0 Å². The van der Waals surface area contributed by atoms with Crippen molar-refractivity contribution in [1.82, 2.24) is 4.90 Å². The average molecular weight is 300 g/mol. The van der Waals surface area contributed by atoms with Crippen molar-refractivity contribution in [2.24, 2.45) is 5.92 Å². The Balaban J connectivity index is 2.30. The fourth-order valence-electron chi connectivity index (χ4n) is 2.41. The van der Waals surface area contributed by atoms with Crippen molar-refractivity contribution in [3.8, 4) is 0 Å². The fraction of sp³-hybridized carbons (Fsp3) is 0.462. The van der Waals surface area contributed by atoms with Crippen LogP contribution in [-0.2, 0) is 0 Å². The van der Waals surface area contributed by atoms with Crippen molar-refractivity contribution < 1.29 is 23.6 Å². The Hall–Kier alpha value is -2.09. The van der Waals surface area contributed by atoms with Gasteiger partial charge in [0.2, 0.25) is 5.82 Å². The van der Waals surface area contributed by atoms with Gasteiger partial charge in [0.05, 0.1) is 10.5 Å². The highest BCUT2D eigenvalue weighted by Crippen LogP contribution is 2.24. The topological polar surface area (TPSA) is 83.7 Å². The summed E-state index contributed by atoms with van der Waals surface area (Å²) < 4.78 is 27.0. The molecule has 0 aliphatic carbocycles. The van der Waals surface area contributed by atoms with Crippen LogP contribution in [0.5, 0.6) is 0 Å².